The van der Waals surface area contributed by atoms with E-state index in [1.807, 2.05) is 36.4 Å². The van der Waals surface area contributed by atoms with Gasteiger partial charge in [0.25, 0.3) is 0 Å². The first-order valence-corrected chi connectivity index (χ1v) is 11.0. The van der Waals surface area contributed by atoms with E-state index in [0.29, 0.717) is 12.2 Å². The van der Waals surface area contributed by atoms with Crippen LogP contribution in [0.15, 0.2) is 65.0 Å². The Morgan fingerprint density at radius 2 is 1.79 bits per heavy atom. The number of thiazole rings is 1. The number of hydrogen-bond acceptors (Lipinski definition) is 6. The number of carbonyl (C=O) groups is 1. The van der Waals surface area contributed by atoms with Gasteiger partial charge in [0.05, 0.1) is 22.6 Å². The lowest BCUT2D eigenvalue weighted by atomic mass is 9.93. The topological polar surface area (TPSA) is 59.4 Å². The summed E-state index contributed by atoms with van der Waals surface area (Å²) in [5.41, 5.74) is 2.19. The first-order valence-electron chi connectivity index (χ1n) is 9.16. The van der Waals surface area contributed by atoms with E-state index in [2.05, 4.69) is 24.3 Å². The Bertz CT molecular complexity index is 897. The predicted molar refractivity (Wildman–Crippen MR) is 113 cm³/mol. The van der Waals surface area contributed by atoms with Gasteiger partial charge in [-0.1, -0.05) is 72.4 Å². The minimum atomic E-state index is -0.992. The number of aliphatic hydroxyl groups is 1. The van der Waals surface area contributed by atoms with Crippen LogP contribution in [-0.4, -0.2) is 33.5 Å². The van der Waals surface area contributed by atoms with Gasteiger partial charge in [0.1, 0.15) is 6.10 Å². The Hall–Kier alpha value is -2.15. The van der Waals surface area contributed by atoms with Crippen LogP contribution in [0.25, 0.3) is 21.7 Å². The van der Waals surface area contributed by atoms with E-state index >= 15 is 0 Å². The van der Waals surface area contributed by atoms with E-state index in [1.165, 1.54) is 0 Å². The van der Waals surface area contributed by atoms with Crippen molar-refractivity contribution in [2.75, 3.05) is 5.75 Å². The number of rotatable bonds is 5. The van der Waals surface area contributed by atoms with Crippen molar-refractivity contribution in [3.8, 4) is 21.7 Å². The summed E-state index contributed by atoms with van der Waals surface area (Å²) in [7, 11) is 0. The molecule has 1 aromatic heterocycles. The fourth-order valence-electron chi connectivity index (χ4n) is 3.34. The molecule has 6 heteroatoms. The molecule has 4 rings (SSSR count). The minimum absolute atomic E-state index is 0.0573. The number of aromatic nitrogens is 1. The van der Waals surface area contributed by atoms with Crippen molar-refractivity contribution in [1.82, 2.24) is 4.98 Å². The fourth-order valence-corrected chi connectivity index (χ4v) is 5.52. The summed E-state index contributed by atoms with van der Waals surface area (Å²) in [6.07, 6.45) is 0.209. The molecule has 0 saturated carbocycles. The molecule has 1 aliphatic heterocycles. The molecular formula is C22H21NO3S2. The zero-order valence-electron chi connectivity index (χ0n) is 15.5. The Morgan fingerprint density at radius 3 is 2.43 bits per heavy atom. The molecule has 1 saturated heterocycles. The molecule has 28 heavy (non-hydrogen) atoms. The van der Waals surface area contributed by atoms with Crippen molar-refractivity contribution in [3.63, 3.8) is 0 Å². The normalized spacial score (nSPS) is 22.1. The third kappa shape index (κ3) is 4.46. The van der Waals surface area contributed by atoms with Crippen molar-refractivity contribution in [2.24, 2.45) is 0 Å². The number of thioether (sulfide) groups is 1. The van der Waals surface area contributed by atoms with Gasteiger partial charge in [0, 0.05) is 17.7 Å². The van der Waals surface area contributed by atoms with Crippen molar-refractivity contribution < 1.29 is 14.6 Å². The van der Waals surface area contributed by atoms with Crippen LogP contribution in [0.3, 0.4) is 0 Å². The monoisotopic (exact) mass is 411 g/mol. The largest absolute Gasteiger partial charge is 0.461 e. The number of carbonyl (C=O) groups excluding carboxylic acids is 1. The van der Waals surface area contributed by atoms with E-state index in [9.17, 15) is 9.90 Å². The number of esters is 1. The molecule has 2 atom stereocenters. The van der Waals surface area contributed by atoms with Gasteiger partial charge in [-0.05, 0) is 12.5 Å². The SMILES string of the molecule is C[C@@]1(O)CC(=O)O[C@@H](CSc2nc(-c3ccccc3)c(-c3ccccc3)s2)C1. The van der Waals surface area contributed by atoms with Crippen molar-refractivity contribution >= 4 is 29.1 Å². The van der Waals surface area contributed by atoms with Gasteiger partial charge in [0.15, 0.2) is 4.34 Å². The summed E-state index contributed by atoms with van der Waals surface area (Å²) in [5.74, 6) is 0.244. The number of benzene rings is 2. The van der Waals surface area contributed by atoms with Gasteiger partial charge in [0.2, 0.25) is 0 Å². The van der Waals surface area contributed by atoms with Crippen LogP contribution in [0.2, 0.25) is 0 Å². The molecule has 0 spiro atoms. The average molecular weight is 412 g/mol. The van der Waals surface area contributed by atoms with Gasteiger partial charge >= 0.3 is 5.97 Å². The number of cyclic esters (lactones) is 1. The minimum Gasteiger partial charge on any atom is -0.461 e. The lowest BCUT2D eigenvalue weighted by Crippen LogP contribution is -2.41. The summed E-state index contributed by atoms with van der Waals surface area (Å²) in [5, 5.41) is 10.2. The van der Waals surface area contributed by atoms with Gasteiger partial charge < -0.3 is 9.84 Å². The number of hydrogen-bond donors (Lipinski definition) is 1. The van der Waals surface area contributed by atoms with Crippen LogP contribution in [0.5, 0.6) is 0 Å². The maximum atomic E-state index is 11.7. The molecule has 2 heterocycles. The highest BCUT2D eigenvalue weighted by Crippen LogP contribution is 2.41. The second-order valence-electron chi connectivity index (χ2n) is 7.19. The molecule has 1 fully saturated rings. The van der Waals surface area contributed by atoms with Crippen LogP contribution in [0.1, 0.15) is 19.8 Å². The van der Waals surface area contributed by atoms with Gasteiger partial charge in [-0.2, -0.15) is 0 Å². The summed E-state index contributed by atoms with van der Waals surface area (Å²) in [6.45, 7) is 1.69. The Kier molecular flexibility index (Phi) is 5.53. The van der Waals surface area contributed by atoms with E-state index in [1.54, 1.807) is 30.0 Å². The highest BCUT2D eigenvalue weighted by Gasteiger charge is 2.36. The molecule has 0 aliphatic carbocycles. The Labute approximate surface area is 172 Å². The second-order valence-corrected chi connectivity index (χ2v) is 9.46. The van der Waals surface area contributed by atoms with Gasteiger partial charge in [-0.15, -0.1) is 11.3 Å². The number of nitrogens with zero attached hydrogens (tertiary/aromatic N) is 1. The molecule has 2 aromatic carbocycles. The van der Waals surface area contributed by atoms with Gasteiger partial charge in [-0.3, -0.25) is 4.79 Å². The lowest BCUT2D eigenvalue weighted by molar-refractivity contribution is -0.165. The molecule has 0 radical (unpaired) electrons. The molecule has 0 amide bonds. The van der Waals surface area contributed by atoms with Crippen LogP contribution >= 0.6 is 23.1 Å². The molecular weight excluding hydrogens is 390 g/mol. The molecule has 0 unspecified atom stereocenters. The van der Waals surface area contributed by atoms with Crippen molar-refractivity contribution in [2.45, 2.75) is 35.8 Å². The summed E-state index contributed by atoms with van der Waals surface area (Å²) in [4.78, 5) is 17.7. The smallest absolute Gasteiger partial charge is 0.309 e. The molecule has 1 aliphatic rings. The summed E-state index contributed by atoms with van der Waals surface area (Å²) in [6, 6.07) is 20.4. The fraction of sp³-hybridized carbons (Fsp3) is 0.273. The first kappa shape index (κ1) is 19.2. The van der Waals surface area contributed by atoms with Gasteiger partial charge in [-0.25, -0.2) is 4.98 Å². The molecule has 1 N–H and O–H groups in total. The Balaban J connectivity index is 1.58. The number of ether oxygens (including phenoxy) is 1. The average Bonchev–Trinajstić information content (AvgIpc) is 3.11. The van der Waals surface area contributed by atoms with E-state index < -0.39 is 5.60 Å². The third-order valence-electron chi connectivity index (χ3n) is 4.57. The molecule has 3 aromatic rings. The standard InChI is InChI=1S/C22H21NO3S2/c1-22(25)12-17(26-18(24)13-22)14-27-21-23-19(15-8-4-2-5-9-15)20(28-21)16-10-6-3-7-11-16/h2-11,17,25H,12-14H2,1H3/t17-,22+/m1/s1. The highest BCUT2D eigenvalue weighted by molar-refractivity contribution is 8.01. The Morgan fingerprint density at radius 1 is 1.14 bits per heavy atom. The van der Waals surface area contributed by atoms with E-state index in [-0.39, 0.29) is 18.5 Å². The van der Waals surface area contributed by atoms with Crippen LogP contribution in [0, 0.1) is 0 Å². The zero-order chi connectivity index (χ0) is 19.6. The molecule has 144 valence electrons. The van der Waals surface area contributed by atoms with E-state index in [4.69, 9.17) is 9.72 Å². The van der Waals surface area contributed by atoms with E-state index in [0.717, 1.165) is 26.0 Å². The highest BCUT2D eigenvalue weighted by atomic mass is 32.2. The quantitative estimate of drug-likeness (QED) is 0.472. The maximum absolute atomic E-state index is 11.7. The van der Waals surface area contributed by atoms with Crippen LogP contribution in [0.4, 0.5) is 0 Å². The second kappa shape index (κ2) is 8.07. The van der Waals surface area contributed by atoms with Crippen LogP contribution < -0.4 is 0 Å². The van der Waals surface area contributed by atoms with Crippen molar-refractivity contribution in [3.05, 3.63) is 60.7 Å². The summed E-state index contributed by atoms with van der Waals surface area (Å²) >= 11 is 3.22. The maximum Gasteiger partial charge on any atom is 0.309 e. The first-order chi connectivity index (χ1) is 13.5. The predicted octanol–water partition coefficient (Wildman–Crippen LogP) is 5.03. The third-order valence-corrected chi connectivity index (χ3v) is 6.95. The summed E-state index contributed by atoms with van der Waals surface area (Å²) < 4.78 is 6.34. The molecule has 4 nitrogen and oxygen atoms in total. The molecule has 0 bridgehead atoms. The zero-order valence-corrected chi connectivity index (χ0v) is 17.1. The van der Waals surface area contributed by atoms with Crippen LogP contribution in [-0.2, 0) is 9.53 Å². The lowest BCUT2D eigenvalue weighted by Gasteiger charge is -2.32. The van der Waals surface area contributed by atoms with Crippen molar-refractivity contribution in [1.29, 1.82) is 0 Å².